The Labute approximate surface area is 89.3 Å². The number of carboxylic acids is 1. The van der Waals surface area contributed by atoms with E-state index < -0.39 is 12.0 Å². The van der Waals surface area contributed by atoms with Crippen LogP contribution in [0.3, 0.4) is 0 Å². The van der Waals surface area contributed by atoms with Crippen LogP contribution in [0.25, 0.3) is 0 Å². The average molecular weight is 211 g/mol. The van der Waals surface area contributed by atoms with Crippen molar-refractivity contribution >= 4 is 11.9 Å². The van der Waals surface area contributed by atoms with Gasteiger partial charge in [-0.15, -0.1) is 0 Å². The zero-order chi connectivity index (χ0) is 11.0. The van der Waals surface area contributed by atoms with Crippen molar-refractivity contribution in [1.82, 2.24) is 4.90 Å². The fourth-order valence-electron chi connectivity index (χ4n) is 2.02. The van der Waals surface area contributed by atoms with Gasteiger partial charge < -0.3 is 10.0 Å². The molecule has 2 aliphatic rings. The van der Waals surface area contributed by atoms with Gasteiger partial charge in [0.15, 0.2) is 0 Å². The summed E-state index contributed by atoms with van der Waals surface area (Å²) in [6.45, 7) is 1.61. The largest absolute Gasteiger partial charge is 0.480 e. The minimum absolute atomic E-state index is 0.0682. The van der Waals surface area contributed by atoms with Crippen LogP contribution in [0.4, 0.5) is 0 Å². The summed E-state index contributed by atoms with van der Waals surface area (Å²) in [5, 5.41) is 8.96. The fraction of sp³-hybridized carbons (Fsp3) is 0.818. The number of nitrogens with zero attached hydrogens (tertiary/aromatic N) is 1. The molecule has 0 aromatic heterocycles. The second-order valence-corrected chi connectivity index (χ2v) is 4.62. The highest BCUT2D eigenvalue weighted by Gasteiger charge is 2.41. The smallest absolute Gasteiger partial charge is 0.326 e. The third-order valence-corrected chi connectivity index (χ3v) is 3.42. The maximum atomic E-state index is 12.0. The third kappa shape index (κ3) is 1.98. The molecule has 84 valence electrons. The van der Waals surface area contributed by atoms with E-state index in [1.165, 1.54) is 0 Å². The first-order valence-corrected chi connectivity index (χ1v) is 5.66. The van der Waals surface area contributed by atoms with E-state index in [2.05, 4.69) is 0 Å². The summed E-state index contributed by atoms with van der Waals surface area (Å²) in [5.41, 5.74) is 0. The highest BCUT2D eigenvalue weighted by atomic mass is 16.4. The number of carbonyl (C=O) groups is 2. The van der Waals surface area contributed by atoms with E-state index in [4.69, 9.17) is 5.11 Å². The molecule has 2 saturated carbocycles. The number of carboxylic acid groups (broad SMARTS) is 1. The van der Waals surface area contributed by atoms with Crippen molar-refractivity contribution in [2.75, 3.05) is 0 Å². The van der Waals surface area contributed by atoms with Crippen molar-refractivity contribution in [2.45, 2.75) is 51.1 Å². The molecule has 0 aromatic carbocycles. The van der Waals surface area contributed by atoms with Gasteiger partial charge in [-0.05, 0) is 32.6 Å². The van der Waals surface area contributed by atoms with Crippen molar-refractivity contribution in [1.29, 1.82) is 0 Å². The minimum Gasteiger partial charge on any atom is -0.480 e. The summed E-state index contributed by atoms with van der Waals surface area (Å²) >= 11 is 0. The monoisotopic (exact) mass is 211 g/mol. The summed E-state index contributed by atoms with van der Waals surface area (Å²) in [7, 11) is 0. The van der Waals surface area contributed by atoms with Gasteiger partial charge in [-0.3, -0.25) is 4.79 Å². The van der Waals surface area contributed by atoms with Gasteiger partial charge in [0.2, 0.25) is 5.91 Å². The van der Waals surface area contributed by atoms with E-state index in [0.717, 1.165) is 32.1 Å². The third-order valence-electron chi connectivity index (χ3n) is 3.42. The lowest BCUT2D eigenvalue weighted by Gasteiger charge is -2.34. The van der Waals surface area contributed by atoms with E-state index in [-0.39, 0.29) is 17.9 Å². The maximum Gasteiger partial charge on any atom is 0.326 e. The topological polar surface area (TPSA) is 57.6 Å². The first-order chi connectivity index (χ1) is 7.11. The summed E-state index contributed by atoms with van der Waals surface area (Å²) < 4.78 is 0. The average Bonchev–Trinajstić information content (AvgIpc) is 2.84. The Morgan fingerprint density at radius 3 is 2.20 bits per heavy atom. The molecule has 0 radical (unpaired) electrons. The predicted molar refractivity (Wildman–Crippen MR) is 54.3 cm³/mol. The van der Waals surface area contributed by atoms with Crippen LogP contribution in [-0.2, 0) is 9.59 Å². The van der Waals surface area contributed by atoms with Crippen LogP contribution in [0.2, 0.25) is 0 Å². The Balaban J connectivity index is 2.04. The van der Waals surface area contributed by atoms with Gasteiger partial charge in [0.1, 0.15) is 6.04 Å². The maximum absolute atomic E-state index is 12.0. The van der Waals surface area contributed by atoms with Crippen LogP contribution in [0.15, 0.2) is 0 Å². The molecule has 4 nitrogen and oxygen atoms in total. The highest BCUT2D eigenvalue weighted by Crippen LogP contribution is 2.35. The first kappa shape index (κ1) is 10.5. The van der Waals surface area contributed by atoms with Crippen molar-refractivity contribution in [3.63, 3.8) is 0 Å². The van der Waals surface area contributed by atoms with Crippen LogP contribution in [0, 0.1) is 5.92 Å². The Hall–Kier alpha value is -1.06. The zero-order valence-corrected chi connectivity index (χ0v) is 8.98. The molecule has 2 fully saturated rings. The van der Waals surface area contributed by atoms with Crippen LogP contribution < -0.4 is 0 Å². The lowest BCUT2D eigenvalue weighted by atomic mass is 9.84. The van der Waals surface area contributed by atoms with Crippen LogP contribution in [0.1, 0.15) is 39.0 Å². The molecule has 0 aromatic rings. The molecule has 1 N–H and O–H groups in total. The van der Waals surface area contributed by atoms with Crippen LogP contribution in [-0.4, -0.2) is 34.0 Å². The number of aliphatic carboxylic acids is 1. The molecule has 1 unspecified atom stereocenters. The number of amides is 1. The van der Waals surface area contributed by atoms with Gasteiger partial charge in [0, 0.05) is 12.0 Å². The quantitative estimate of drug-likeness (QED) is 0.761. The van der Waals surface area contributed by atoms with E-state index in [0.29, 0.717) is 0 Å². The molecule has 1 amide bonds. The summed E-state index contributed by atoms with van der Waals surface area (Å²) in [6.07, 6.45) is 4.92. The number of rotatable bonds is 4. The van der Waals surface area contributed by atoms with Gasteiger partial charge in [-0.1, -0.05) is 6.42 Å². The van der Waals surface area contributed by atoms with Gasteiger partial charge >= 0.3 is 5.97 Å². The molecule has 2 aliphatic carbocycles. The second kappa shape index (κ2) is 3.83. The molecular weight excluding hydrogens is 194 g/mol. The van der Waals surface area contributed by atoms with Crippen molar-refractivity contribution in [2.24, 2.45) is 5.92 Å². The van der Waals surface area contributed by atoms with Gasteiger partial charge in [-0.2, -0.15) is 0 Å². The summed E-state index contributed by atoms with van der Waals surface area (Å²) in [4.78, 5) is 24.5. The molecule has 0 aliphatic heterocycles. The van der Waals surface area contributed by atoms with Crippen molar-refractivity contribution < 1.29 is 14.7 Å². The predicted octanol–water partition coefficient (Wildman–Crippen LogP) is 1.25. The van der Waals surface area contributed by atoms with E-state index >= 15 is 0 Å². The van der Waals surface area contributed by atoms with E-state index in [1.54, 1.807) is 11.8 Å². The molecule has 0 heterocycles. The zero-order valence-electron chi connectivity index (χ0n) is 8.98. The molecule has 0 saturated heterocycles. The highest BCUT2D eigenvalue weighted by molar-refractivity contribution is 5.85. The molecule has 4 heteroatoms. The molecule has 0 bridgehead atoms. The number of hydrogen-bond acceptors (Lipinski definition) is 2. The number of hydrogen-bond donors (Lipinski definition) is 1. The Kier molecular flexibility index (Phi) is 2.67. The Morgan fingerprint density at radius 1 is 1.27 bits per heavy atom. The Bertz CT molecular complexity index is 282. The fourth-order valence-corrected chi connectivity index (χ4v) is 2.02. The molecule has 2 rings (SSSR count). The number of carbonyl (C=O) groups excluding carboxylic acids is 1. The minimum atomic E-state index is -0.894. The van der Waals surface area contributed by atoms with E-state index in [9.17, 15) is 9.59 Å². The SMILES string of the molecule is CC(C(=O)O)N(C(=O)C1CCC1)C1CC1. The van der Waals surface area contributed by atoms with Gasteiger partial charge in [0.25, 0.3) is 0 Å². The molecular formula is C11H17NO3. The molecule has 1 atom stereocenters. The van der Waals surface area contributed by atoms with E-state index in [1.807, 2.05) is 0 Å². The van der Waals surface area contributed by atoms with Crippen molar-refractivity contribution in [3.05, 3.63) is 0 Å². The Morgan fingerprint density at radius 2 is 1.87 bits per heavy atom. The summed E-state index contributed by atoms with van der Waals surface area (Å²) in [6, 6.07) is -0.463. The van der Waals surface area contributed by atoms with Crippen molar-refractivity contribution in [3.8, 4) is 0 Å². The molecule has 15 heavy (non-hydrogen) atoms. The lowest BCUT2D eigenvalue weighted by Crippen LogP contribution is -2.48. The second-order valence-electron chi connectivity index (χ2n) is 4.62. The van der Waals surface area contributed by atoms with Crippen LogP contribution in [0.5, 0.6) is 0 Å². The van der Waals surface area contributed by atoms with Gasteiger partial charge in [-0.25, -0.2) is 4.79 Å². The lowest BCUT2D eigenvalue weighted by molar-refractivity contribution is -0.153. The molecule has 0 spiro atoms. The standard InChI is InChI=1S/C11H17NO3/c1-7(11(14)15)12(9-5-6-9)10(13)8-3-2-4-8/h7-9H,2-6H2,1H3,(H,14,15). The first-order valence-electron chi connectivity index (χ1n) is 5.66. The van der Waals surface area contributed by atoms with Gasteiger partial charge in [0.05, 0.1) is 0 Å². The van der Waals surface area contributed by atoms with Crippen LogP contribution >= 0.6 is 0 Å². The normalized spacial score (nSPS) is 23.0. The summed E-state index contributed by atoms with van der Waals surface area (Å²) in [5.74, 6) is -0.722.